The molecule has 0 aromatic carbocycles. The number of nitrogens with zero attached hydrogens (tertiary/aromatic N) is 4. The quantitative estimate of drug-likeness (QED) is 0.887. The van der Waals surface area contributed by atoms with Crippen LogP contribution in [-0.4, -0.2) is 54.4 Å². The summed E-state index contributed by atoms with van der Waals surface area (Å²) in [7, 11) is 1.88. The van der Waals surface area contributed by atoms with Crippen molar-refractivity contribution in [3.05, 3.63) is 0 Å². The molecule has 0 radical (unpaired) electrons. The summed E-state index contributed by atoms with van der Waals surface area (Å²) in [5, 5.41) is 13.3. The van der Waals surface area contributed by atoms with Crippen LogP contribution in [0.15, 0.2) is 0 Å². The summed E-state index contributed by atoms with van der Waals surface area (Å²) in [6.07, 6.45) is 1.20. The van der Waals surface area contributed by atoms with E-state index in [1.165, 1.54) is 13.0 Å². The van der Waals surface area contributed by atoms with Gasteiger partial charge in [0, 0.05) is 39.3 Å². The molecule has 1 saturated heterocycles. The first kappa shape index (κ1) is 12.6. The Morgan fingerprint density at radius 2 is 2.00 bits per heavy atom. The number of aromatic nitrogens is 2. The molecule has 2 heterocycles. The van der Waals surface area contributed by atoms with Crippen molar-refractivity contribution in [3.63, 3.8) is 0 Å². The lowest BCUT2D eigenvalue weighted by atomic mass is 10.3. The molecule has 0 amide bonds. The van der Waals surface area contributed by atoms with E-state index in [1.807, 2.05) is 7.05 Å². The molecule has 1 N–H and O–H groups in total. The summed E-state index contributed by atoms with van der Waals surface area (Å²) in [5.74, 6) is 0. The second-order valence-electron chi connectivity index (χ2n) is 4.61. The van der Waals surface area contributed by atoms with Crippen LogP contribution in [0.1, 0.15) is 20.3 Å². The minimum absolute atomic E-state index is 0.636. The molecule has 1 fully saturated rings. The number of hydrogen-bond acceptors (Lipinski definition) is 6. The van der Waals surface area contributed by atoms with Crippen LogP contribution in [0.25, 0.3) is 0 Å². The zero-order chi connectivity index (χ0) is 12.3. The second kappa shape index (κ2) is 5.64. The predicted octanol–water partition coefficient (Wildman–Crippen LogP) is 1.50. The standard InChI is InChI=1S/C11H21N5S/c1-9(2)15-5-4-6-16(8-7-15)11-14-13-10(12-3)17-11/h9H,4-8H2,1-3H3,(H,12,13). The monoisotopic (exact) mass is 255 g/mol. The van der Waals surface area contributed by atoms with Gasteiger partial charge in [-0.2, -0.15) is 0 Å². The molecule has 2 rings (SSSR count). The third kappa shape index (κ3) is 3.07. The van der Waals surface area contributed by atoms with Gasteiger partial charge >= 0.3 is 0 Å². The Morgan fingerprint density at radius 3 is 2.65 bits per heavy atom. The molecule has 1 aliphatic rings. The van der Waals surface area contributed by atoms with Gasteiger partial charge < -0.3 is 10.2 Å². The lowest BCUT2D eigenvalue weighted by molar-refractivity contribution is 0.238. The van der Waals surface area contributed by atoms with Crippen molar-refractivity contribution in [2.75, 3.05) is 43.4 Å². The highest BCUT2D eigenvalue weighted by Crippen LogP contribution is 2.24. The Bertz CT molecular complexity index is 351. The van der Waals surface area contributed by atoms with Gasteiger partial charge in [-0.15, -0.1) is 10.2 Å². The Labute approximate surface area is 107 Å². The van der Waals surface area contributed by atoms with Crippen molar-refractivity contribution < 1.29 is 0 Å². The van der Waals surface area contributed by atoms with Crippen molar-refractivity contribution in [1.29, 1.82) is 0 Å². The number of anilines is 2. The Kier molecular flexibility index (Phi) is 4.17. The van der Waals surface area contributed by atoms with Gasteiger partial charge in [0.1, 0.15) is 0 Å². The van der Waals surface area contributed by atoms with E-state index in [4.69, 9.17) is 0 Å². The molecular formula is C11H21N5S. The van der Waals surface area contributed by atoms with E-state index in [0.29, 0.717) is 6.04 Å². The zero-order valence-electron chi connectivity index (χ0n) is 10.8. The van der Waals surface area contributed by atoms with Gasteiger partial charge in [-0.3, -0.25) is 4.90 Å². The molecule has 17 heavy (non-hydrogen) atoms. The summed E-state index contributed by atoms with van der Waals surface area (Å²) in [5.41, 5.74) is 0. The van der Waals surface area contributed by atoms with Gasteiger partial charge in [-0.05, 0) is 20.3 Å². The molecular weight excluding hydrogens is 234 g/mol. The maximum absolute atomic E-state index is 4.24. The number of nitrogens with one attached hydrogen (secondary N) is 1. The summed E-state index contributed by atoms with van der Waals surface area (Å²) in [6.45, 7) is 8.97. The Hall–Kier alpha value is -0.880. The lowest BCUT2D eigenvalue weighted by Crippen LogP contribution is -2.35. The molecule has 6 heteroatoms. The van der Waals surface area contributed by atoms with Crippen LogP contribution in [0.5, 0.6) is 0 Å². The first-order valence-electron chi connectivity index (χ1n) is 6.21. The first-order chi connectivity index (χ1) is 8.20. The summed E-state index contributed by atoms with van der Waals surface area (Å²) in [4.78, 5) is 4.88. The van der Waals surface area contributed by atoms with E-state index in [9.17, 15) is 0 Å². The highest BCUT2D eigenvalue weighted by atomic mass is 32.1. The van der Waals surface area contributed by atoms with Gasteiger partial charge in [0.15, 0.2) is 0 Å². The fourth-order valence-electron chi connectivity index (χ4n) is 2.09. The van der Waals surface area contributed by atoms with Crippen molar-refractivity contribution >= 4 is 21.6 Å². The molecule has 0 atom stereocenters. The normalized spacial score (nSPS) is 18.5. The van der Waals surface area contributed by atoms with Gasteiger partial charge in [-0.25, -0.2) is 0 Å². The van der Waals surface area contributed by atoms with Crippen LogP contribution in [0.2, 0.25) is 0 Å². The summed E-state index contributed by atoms with van der Waals surface area (Å²) < 4.78 is 0. The summed E-state index contributed by atoms with van der Waals surface area (Å²) in [6, 6.07) is 0.636. The molecule has 0 spiro atoms. The minimum atomic E-state index is 0.636. The molecule has 96 valence electrons. The van der Waals surface area contributed by atoms with E-state index in [0.717, 1.165) is 29.9 Å². The van der Waals surface area contributed by atoms with Crippen molar-refractivity contribution in [2.45, 2.75) is 26.3 Å². The smallest absolute Gasteiger partial charge is 0.210 e. The second-order valence-corrected chi connectivity index (χ2v) is 5.57. The highest BCUT2D eigenvalue weighted by molar-refractivity contribution is 7.19. The van der Waals surface area contributed by atoms with Crippen LogP contribution in [0.4, 0.5) is 10.3 Å². The van der Waals surface area contributed by atoms with Crippen LogP contribution in [0.3, 0.4) is 0 Å². The van der Waals surface area contributed by atoms with E-state index < -0.39 is 0 Å². The SMILES string of the molecule is CNc1nnc(N2CCCN(C(C)C)CC2)s1. The van der Waals surface area contributed by atoms with Crippen LogP contribution in [-0.2, 0) is 0 Å². The van der Waals surface area contributed by atoms with Crippen molar-refractivity contribution in [1.82, 2.24) is 15.1 Å². The first-order valence-corrected chi connectivity index (χ1v) is 7.02. The molecule has 1 aromatic heterocycles. The van der Waals surface area contributed by atoms with E-state index in [2.05, 4.69) is 39.2 Å². The average Bonchev–Trinajstić information content (AvgIpc) is 2.65. The molecule has 1 aromatic rings. The van der Waals surface area contributed by atoms with Gasteiger partial charge in [0.2, 0.25) is 10.3 Å². The van der Waals surface area contributed by atoms with E-state index in [-0.39, 0.29) is 0 Å². The highest BCUT2D eigenvalue weighted by Gasteiger charge is 2.19. The molecule has 1 aliphatic heterocycles. The molecule has 0 saturated carbocycles. The number of hydrogen-bond donors (Lipinski definition) is 1. The lowest BCUT2D eigenvalue weighted by Gasteiger charge is -2.24. The predicted molar refractivity (Wildman–Crippen MR) is 73.0 cm³/mol. The van der Waals surface area contributed by atoms with Crippen LogP contribution in [0, 0.1) is 0 Å². The maximum atomic E-state index is 4.24. The van der Waals surface area contributed by atoms with Gasteiger partial charge in [-0.1, -0.05) is 11.3 Å². The topological polar surface area (TPSA) is 44.3 Å². The van der Waals surface area contributed by atoms with E-state index >= 15 is 0 Å². The number of rotatable bonds is 3. The van der Waals surface area contributed by atoms with Crippen LogP contribution >= 0.6 is 11.3 Å². The van der Waals surface area contributed by atoms with Gasteiger partial charge in [0.05, 0.1) is 0 Å². The third-order valence-corrected chi connectivity index (χ3v) is 4.16. The maximum Gasteiger partial charge on any atom is 0.210 e. The zero-order valence-corrected chi connectivity index (χ0v) is 11.6. The molecule has 5 nitrogen and oxygen atoms in total. The van der Waals surface area contributed by atoms with Gasteiger partial charge in [0.25, 0.3) is 0 Å². The fourth-order valence-corrected chi connectivity index (χ4v) is 2.84. The minimum Gasteiger partial charge on any atom is -0.363 e. The Balaban J connectivity index is 1.98. The molecule has 0 unspecified atom stereocenters. The molecule has 0 bridgehead atoms. The largest absolute Gasteiger partial charge is 0.363 e. The Morgan fingerprint density at radius 1 is 1.18 bits per heavy atom. The van der Waals surface area contributed by atoms with Crippen molar-refractivity contribution in [2.24, 2.45) is 0 Å². The summed E-state index contributed by atoms with van der Waals surface area (Å²) >= 11 is 1.63. The third-order valence-electron chi connectivity index (χ3n) is 3.16. The average molecular weight is 255 g/mol. The van der Waals surface area contributed by atoms with Crippen LogP contribution < -0.4 is 10.2 Å². The molecule has 0 aliphatic carbocycles. The fraction of sp³-hybridized carbons (Fsp3) is 0.818. The van der Waals surface area contributed by atoms with Crippen molar-refractivity contribution in [3.8, 4) is 0 Å². The van der Waals surface area contributed by atoms with E-state index in [1.54, 1.807) is 11.3 Å².